The fraction of sp³-hybridized carbons (Fsp3) is 0.500. The van der Waals surface area contributed by atoms with Crippen molar-refractivity contribution in [3.63, 3.8) is 0 Å². The van der Waals surface area contributed by atoms with E-state index in [0.717, 1.165) is 18.4 Å². The van der Waals surface area contributed by atoms with Gasteiger partial charge in [-0.1, -0.05) is 26.0 Å². The fourth-order valence-electron chi connectivity index (χ4n) is 3.00. The van der Waals surface area contributed by atoms with E-state index in [9.17, 15) is 14.7 Å². The standard InChI is InChI=1S/C16H21NO4/c1-16(2)8-3-9-17(13(16)15(20)21)14(19)12-6-4-11(10-18)5-7-12/h4-7,13,18H,3,8-10H2,1-2H3,(H,20,21). The first-order valence-corrected chi connectivity index (χ1v) is 7.10. The molecule has 1 unspecified atom stereocenters. The number of carboxylic acids is 1. The molecule has 0 radical (unpaired) electrons. The van der Waals surface area contributed by atoms with Crippen LogP contribution in [-0.2, 0) is 11.4 Å². The lowest BCUT2D eigenvalue weighted by atomic mass is 9.76. The van der Waals surface area contributed by atoms with Crippen LogP contribution in [0.15, 0.2) is 24.3 Å². The van der Waals surface area contributed by atoms with Gasteiger partial charge in [0.25, 0.3) is 5.91 Å². The van der Waals surface area contributed by atoms with Gasteiger partial charge in [-0.05, 0) is 36.0 Å². The van der Waals surface area contributed by atoms with Crippen LogP contribution in [0.3, 0.4) is 0 Å². The van der Waals surface area contributed by atoms with Gasteiger partial charge >= 0.3 is 5.97 Å². The van der Waals surface area contributed by atoms with Crippen molar-refractivity contribution in [1.82, 2.24) is 4.90 Å². The average Bonchev–Trinajstić information content (AvgIpc) is 2.45. The minimum Gasteiger partial charge on any atom is -0.480 e. The topological polar surface area (TPSA) is 77.8 Å². The van der Waals surface area contributed by atoms with E-state index in [1.807, 2.05) is 13.8 Å². The van der Waals surface area contributed by atoms with Gasteiger partial charge < -0.3 is 15.1 Å². The number of hydrogen-bond donors (Lipinski definition) is 2. The van der Waals surface area contributed by atoms with Gasteiger partial charge in [0.15, 0.2) is 0 Å². The number of nitrogens with zero attached hydrogens (tertiary/aromatic N) is 1. The number of aliphatic hydroxyl groups is 1. The van der Waals surface area contributed by atoms with Gasteiger partial charge in [-0.2, -0.15) is 0 Å². The molecule has 1 aliphatic heterocycles. The zero-order valence-electron chi connectivity index (χ0n) is 12.4. The molecule has 1 amide bonds. The molecule has 0 bridgehead atoms. The molecule has 1 saturated heterocycles. The number of rotatable bonds is 3. The molecular weight excluding hydrogens is 270 g/mol. The highest BCUT2D eigenvalue weighted by Crippen LogP contribution is 2.36. The van der Waals surface area contributed by atoms with Gasteiger partial charge in [0.1, 0.15) is 6.04 Å². The van der Waals surface area contributed by atoms with Crippen LogP contribution < -0.4 is 0 Å². The Morgan fingerprint density at radius 2 is 1.90 bits per heavy atom. The third-order valence-corrected chi connectivity index (χ3v) is 4.15. The summed E-state index contributed by atoms with van der Waals surface area (Å²) in [6.07, 6.45) is 1.59. The second kappa shape index (κ2) is 5.85. The Morgan fingerprint density at radius 1 is 1.29 bits per heavy atom. The maximum Gasteiger partial charge on any atom is 0.326 e. The number of likely N-dealkylation sites (tertiary alicyclic amines) is 1. The number of carboxylic acid groups (broad SMARTS) is 1. The highest BCUT2D eigenvalue weighted by Gasteiger charge is 2.44. The number of aliphatic carboxylic acids is 1. The first kappa shape index (κ1) is 15.5. The molecule has 1 fully saturated rings. The van der Waals surface area contributed by atoms with Gasteiger partial charge in [0.05, 0.1) is 6.61 Å². The Morgan fingerprint density at radius 3 is 2.43 bits per heavy atom. The summed E-state index contributed by atoms with van der Waals surface area (Å²) in [5, 5.41) is 18.5. The number of amides is 1. The van der Waals surface area contributed by atoms with Crippen LogP contribution in [0.5, 0.6) is 0 Å². The monoisotopic (exact) mass is 291 g/mol. The summed E-state index contributed by atoms with van der Waals surface area (Å²) in [5.41, 5.74) is 0.738. The van der Waals surface area contributed by atoms with Crippen LogP contribution in [0.2, 0.25) is 0 Å². The molecule has 5 heteroatoms. The Kier molecular flexibility index (Phi) is 4.32. The number of benzene rings is 1. The minimum atomic E-state index is -0.958. The van der Waals surface area contributed by atoms with Crippen molar-refractivity contribution in [1.29, 1.82) is 0 Å². The fourth-order valence-corrected chi connectivity index (χ4v) is 3.00. The van der Waals surface area contributed by atoms with Gasteiger partial charge in [-0.3, -0.25) is 4.79 Å². The lowest BCUT2D eigenvalue weighted by Crippen LogP contribution is -2.56. The Hall–Kier alpha value is -1.88. The number of carbonyl (C=O) groups is 2. The van der Waals surface area contributed by atoms with E-state index in [-0.39, 0.29) is 12.5 Å². The first-order chi connectivity index (χ1) is 9.86. The lowest BCUT2D eigenvalue weighted by molar-refractivity contribution is -0.148. The highest BCUT2D eigenvalue weighted by molar-refractivity contribution is 5.97. The molecule has 0 aromatic heterocycles. The van der Waals surface area contributed by atoms with E-state index >= 15 is 0 Å². The van der Waals surface area contributed by atoms with Crippen LogP contribution in [-0.4, -0.2) is 39.6 Å². The smallest absolute Gasteiger partial charge is 0.326 e. The van der Waals surface area contributed by atoms with Crippen molar-refractivity contribution in [3.05, 3.63) is 35.4 Å². The van der Waals surface area contributed by atoms with Crippen molar-refractivity contribution < 1.29 is 19.8 Å². The van der Waals surface area contributed by atoms with E-state index in [2.05, 4.69) is 0 Å². The van der Waals surface area contributed by atoms with Gasteiger partial charge in [-0.15, -0.1) is 0 Å². The Balaban J connectivity index is 2.28. The van der Waals surface area contributed by atoms with Crippen molar-refractivity contribution in [2.75, 3.05) is 6.54 Å². The number of hydrogen-bond acceptors (Lipinski definition) is 3. The van der Waals surface area contributed by atoms with E-state index in [4.69, 9.17) is 5.11 Å². The first-order valence-electron chi connectivity index (χ1n) is 7.10. The second-order valence-electron chi connectivity index (χ2n) is 6.19. The predicted octanol–water partition coefficient (Wildman–Crippen LogP) is 1.89. The molecule has 2 rings (SSSR count). The molecule has 1 aliphatic rings. The molecule has 21 heavy (non-hydrogen) atoms. The maximum absolute atomic E-state index is 12.6. The predicted molar refractivity (Wildman–Crippen MR) is 77.8 cm³/mol. The SMILES string of the molecule is CC1(C)CCCN(C(=O)c2ccc(CO)cc2)C1C(=O)O. The van der Waals surface area contributed by atoms with E-state index in [1.165, 1.54) is 4.90 Å². The molecule has 0 spiro atoms. The molecule has 5 nitrogen and oxygen atoms in total. The van der Waals surface area contributed by atoms with Gasteiger partial charge in [0, 0.05) is 12.1 Å². The summed E-state index contributed by atoms with van der Waals surface area (Å²) in [6, 6.07) is 5.81. The molecular formula is C16H21NO4. The lowest BCUT2D eigenvalue weighted by Gasteiger charge is -2.44. The molecule has 2 N–H and O–H groups in total. The molecule has 1 aromatic carbocycles. The van der Waals surface area contributed by atoms with Crippen LogP contribution >= 0.6 is 0 Å². The average molecular weight is 291 g/mol. The van der Waals surface area contributed by atoms with Crippen molar-refractivity contribution in [2.45, 2.75) is 39.3 Å². The summed E-state index contributed by atoms with van der Waals surface area (Å²) in [4.78, 5) is 25.6. The maximum atomic E-state index is 12.6. The molecule has 114 valence electrons. The molecule has 1 aromatic rings. The van der Waals surface area contributed by atoms with E-state index in [0.29, 0.717) is 12.1 Å². The third-order valence-electron chi connectivity index (χ3n) is 4.15. The van der Waals surface area contributed by atoms with Crippen molar-refractivity contribution >= 4 is 11.9 Å². The summed E-state index contributed by atoms with van der Waals surface area (Å²) in [5.74, 6) is -1.22. The summed E-state index contributed by atoms with van der Waals surface area (Å²) in [7, 11) is 0. The summed E-state index contributed by atoms with van der Waals surface area (Å²) >= 11 is 0. The third kappa shape index (κ3) is 3.08. The summed E-state index contributed by atoms with van der Waals surface area (Å²) < 4.78 is 0. The Labute approximate surface area is 124 Å². The van der Waals surface area contributed by atoms with E-state index in [1.54, 1.807) is 24.3 Å². The molecule has 1 atom stereocenters. The second-order valence-corrected chi connectivity index (χ2v) is 6.19. The van der Waals surface area contributed by atoms with Crippen LogP contribution in [0.25, 0.3) is 0 Å². The highest BCUT2D eigenvalue weighted by atomic mass is 16.4. The number of aliphatic hydroxyl groups excluding tert-OH is 1. The molecule has 0 aliphatic carbocycles. The van der Waals surface area contributed by atoms with Gasteiger partial charge in [-0.25, -0.2) is 4.79 Å². The molecule has 0 saturated carbocycles. The largest absolute Gasteiger partial charge is 0.480 e. The van der Waals surface area contributed by atoms with Gasteiger partial charge in [0.2, 0.25) is 0 Å². The van der Waals surface area contributed by atoms with Crippen LogP contribution in [0.1, 0.15) is 42.6 Å². The van der Waals surface area contributed by atoms with Crippen LogP contribution in [0.4, 0.5) is 0 Å². The van der Waals surface area contributed by atoms with Crippen molar-refractivity contribution in [3.8, 4) is 0 Å². The number of piperidine rings is 1. The Bertz CT molecular complexity index is 536. The zero-order valence-corrected chi connectivity index (χ0v) is 12.4. The summed E-state index contributed by atoms with van der Waals surface area (Å²) in [6.45, 7) is 4.16. The quantitative estimate of drug-likeness (QED) is 0.891. The van der Waals surface area contributed by atoms with E-state index < -0.39 is 17.4 Å². The van der Waals surface area contributed by atoms with Crippen LogP contribution in [0, 0.1) is 5.41 Å². The zero-order chi connectivity index (χ0) is 15.6. The number of carbonyl (C=O) groups excluding carboxylic acids is 1. The molecule has 1 heterocycles. The van der Waals surface area contributed by atoms with Crippen molar-refractivity contribution in [2.24, 2.45) is 5.41 Å². The normalized spacial score (nSPS) is 21.1. The minimum absolute atomic E-state index is 0.0804.